The Morgan fingerprint density at radius 2 is 1.91 bits per heavy atom. The van der Waals surface area contributed by atoms with E-state index in [0.29, 0.717) is 35.7 Å². The van der Waals surface area contributed by atoms with Crippen molar-refractivity contribution in [2.24, 2.45) is 0 Å². The van der Waals surface area contributed by atoms with Crippen molar-refractivity contribution in [2.75, 3.05) is 19.0 Å². The van der Waals surface area contributed by atoms with Crippen LogP contribution >= 0.6 is 0 Å². The topological polar surface area (TPSA) is 92.4 Å². The minimum atomic E-state index is -0.393. The molecule has 34 heavy (non-hydrogen) atoms. The molecule has 7 nitrogen and oxygen atoms in total. The van der Waals surface area contributed by atoms with Gasteiger partial charge in [-0.25, -0.2) is 0 Å². The fourth-order valence-corrected chi connectivity index (χ4v) is 3.98. The first-order chi connectivity index (χ1) is 16.6. The average Bonchev–Trinajstić information content (AvgIpc) is 3.27. The SMILES string of the molecule is COc1ccccc1/C=C1\Oc2ccc(C(=O)NCCc3c[nH]c4ccccc34)cc2NC1=O. The van der Waals surface area contributed by atoms with Gasteiger partial charge in [-0.15, -0.1) is 0 Å². The molecule has 0 saturated carbocycles. The highest BCUT2D eigenvalue weighted by atomic mass is 16.5. The van der Waals surface area contributed by atoms with Gasteiger partial charge in [-0.2, -0.15) is 0 Å². The van der Waals surface area contributed by atoms with E-state index >= 15 is 0 Å². The summed E-state index contributed by atoms with van der Waals surface area (Å²) < 4.78 is 11.1. The molecule has 2 heterocycles. The van der Waals surface area contributed by atoms with Crippen LogP contribution in [-0.2, 0) is 11.2 Å². The van der Waals surface area contributed by atoms with Gasteiger partial charge in [0.1, 0.15) is 5.75 Å². The lowest BCUT2D eigenvalue weighted by Gasteiger charge is -2.20. The molecule has 7 heteroatoms. The molecule has 0 spiro atoms. The monoisotopic (exact) mass is 453 g/mol. The number of aromatic amines is 1. The molecule has 0 saturated heterocycles. The van der Waals surface area contributed by atoms with Gasteiger partial charge in [-0.3, -0.25) is 9.59 Å². The van der Waals surface area contributed by atoms with E-state index < -0.39 is 5.91 Å². The number of para-hydroxylation sites is 2. The van der Waals surface area contributed by atoms with Crippen LogP contribution in [0.5, 0.6) is 11.5 Å². The molecule has 5 rings (SSSR count). The van der Waals surface area contributed by atoms with Crippen LogP contribution in [0, 0.1) is 0 Å². The highest BCUT2D eigenvalue weighted by Gasteiger charge is 2.23. The lowest BCUT2D eigenvalue weighted by atomic mass is 10.1. The summed E-state index contributed by atoms with van der Waals surface area (Å²) >= 11 is 0. The second-order valence-corrected chi connectivity index (χ2v) is 7.88. The number of amides is 2. The maximum Gasteiger partial charge on any atom is 0.291 e. The Labute approximate surface area is 196 Å². The molecule has 2 amide bonds. The van der Waals surface area contributed by atoms with Gasteiger partial charge in [0.05, 0.1) is 12.8 Å². The predicted octanol–water partition coefficient (Wildman–Crippen LogP) is 4.52. The Hall–Kier alpha value is -4.52. The zero-order chi connectivity index (χ0) is 23.5. The first kappa shape index (κ1) is 21.3. The first-order valence-corrected chi connectivity index (χ1v) is 10.9. The number of H-pyrrole nitrogens is 1. The van der Waals surface area contributed by atoms with E-state index in [1.165, 1.54) is 0 Å². The zero-order valence-corrected chi connectivity index (χ0v) is 18.6. The molecule has 0 atom stereocenters. The molecule has 0 aliphatic carbocycles. The fourth-order valence-electron chi connectivity index (χ4n) is 3.98. The normalized spacial score (nSPS) is 13.8. The molecule has 170 valence electrons. The van der Waals surface area contributed by atoms with Crippen LogP contribution in [0.3, 0.4) is 0 Å². The second kappa shape index (κ2) is 9.15. The van der Waals surface area contributed by atoms with Crippen LogP contribution in [-0.4, -0.2) is 30.5 Å². The standard InChI is InChI=1S/C27H23N3O4/c1-33-23-9-5-2-6-17(23)15-25-27(32)30-22-14-18(10-11-24(22)34-25)26(31)28-13-12-19-16-29-21-8-4-3-7-20(19)21/h2-11,14-16,29H,12-13H2,1H3,(H,28,31)(H,30,32)/b25-15-. The smallest absolute Gasteiger partial charge is 0.291 e. The summed E-state index contributed by atoms with van der Waals surface area (Å²) in [5.41, 5.74) is 3.85. The molecule has 4 aromatic rings. The average molecular weight is 453 g/mol. The summed E-state index contributed by atoms with van der Waals surface area (Å²) in [5, 5.41) is 6.90. The molecule has 3 N–H and O–H groups in total. The Bertz CT molecular complexity index is 1420. The number of fused-ring (bicyclic) bond motifs is 2. The number of hydrogen-bond donors (Lipinski definition) is 3. The molecule has 1 aliphatic rings. The van der Waals surface area contributed by atoms with Crippen LogP contribution in [0.15, 0.2) is 78.7 Å². The predicted molar refractivity (Wildman–Crippen MR) is 131 cm³/mol. The Morgan fingerprint density at radius 3 is 2.79 bits per heavy atom. The highest BCUT2D eigenvalue weighted by molar-refractivity contribution is 6.09. The van der Waals surface area contributed by atoms with Crippen LogP contribution in [0.25, 0.3) is 17.0 Å². The summed E-state index contributed by atoms with van der Waals surface area (Å²) in [6.07, 6.45) is 4.30. The summed E-state index contributed by atoms with van der Waals surface area (Å²) in [6.45, 7) is 0.492. The maximum absolute atomic E-state index is 12.7. The molecule has 1 aliphatic heterocycles. The van der Waals surface area contributed by atoms with Crippen molar-refractivity contribution < 1.29 is 19.1 Å². The van der Waals surface area contributed by atoms with Crippen molar-refractivity contribution in [3.63, 3.8) is 0 Å². The quantitative estimate of drug-likeness (QED) is 0.374. The van der Waals surface area contributed by atoms with Gasteiger partial charge >= 0.3 is 0 Å². The van der Waals surface area contributed by atoms with E-state index in [1.54, 1.807) is 31.4 Å². The van der Waals surface area contributed by atoms with E-state index in [1.807, 2.05) is 48.7 Å². The number of carbonyl (C=O) groups excluding carboxylic acids is 2. The van der Waals surface area contributed by atoms with Gasteiger partial charge in [-0.05, 0) is 48.4 Å². The third-order valence-corrected chi connectivity index (χ3v) is 5.71. The molecule has 0 unspecified atom stereocenters. The minimum Gasteiger partial charge on any atom is -0.496 e. The van der Waals surface area contributed by atoms with Crippen molar-refractivity contribution in [3.05, 3.63) is 95.4 Å². The molecule has 0 bridgehead atoms. The molecule has 1 aromatic heterocycles. The van der Waals surface area contributed by atoms with Gasteiger partial charge in [0.2, 0.25) is 0 Å². The zero-order valence-electron chi connectivity index (χ0n) is 18.6. The van der Waals surface area contributed by atoms with E-state index in [9.17, 15) is 9.59 Å². The van der Waals surface area contributed by atoms with Crippen LogP contribution < -0.4 is 20.1 Å². The van der Waals surface area contributed by atoms with E-state index in [0.717, 1.165) is 22.0 Å². The number of rotatable bonds is 6. The third-order valence-electron chi connectivity index (χ3n) is 5.71. The Balaban J connectivity index is 1.26. The number of methoxy groups -OCH3 is 1. The summed E-state index contributed by atoms with van der Waals surface area (Å²) in [7, 11) is 1.57. The molecular weight excluding hydrogens is 430 g/mol. The Morgan fingerprint density at radius 1 is 1.09 bits per heavy atom. The van der Waals surface area contributed by atoms with Crippen molar-refractivity contribution in [1.82, 2.24) is 10.3 Å². The molecule has 0 radical (unpaired) electrons. The van der Waals surface area contributed by atoms with Crippen LogP contribution in [0.1, 0.15) is 21.5 Å². The van der Waals surface area contributed by atoms with Gasteiger partial charge in [0, 0.05) is 34.8 Å². The van der Waals surface area contributed by atoms with Crippen LogP contribution in [0.2, 0.25) is 0 Å². The van der Waals surface area contributed by atoms with E-state index in [-0.39, 0.29) is 11.7 Å². The lowest BCUT2D eigenvalue weighted by molar-refractivity contribution is -0.115. The maximum atomic E-state index is 12.7. The second-order valence-electron chi connectivity index (χ2n) is 7.88. The third kappa shape index (κ3) is 4.23. The summed E-state index contributed by atoms with van der Waals surface area (Å²) in [6, 6.07) is 20.4. The van der Waals surface area contributed by atoms with Gasteiger partial charge in [0.25, 0.3) is 11.8 Å². The fraction of sp³-hybridized carbons (Fsp3) is 0.111. The van der Waals surface area contributed by atoms with Gasteiger partial charge in [-0.1, -0.05) is 36.4 Å². The van der Waals surface area contributed by atoms with Crippen molar-refractivity contribution in [1.29, 1.82) is 0 Å². The number of nitrogens with one attached hydrogen (secondary N) is 3. The number of carbonyl (C=O) groups is 2. The molecular formula is C27H23N3O4. The number of aromatic nitrogens is 1. The number of ether oxygens (including phenoxy) is 2. The minimum absolute atomic E-state index is 0.146. The van der Waals surface area contributed by atoms with E-state index in [2.05, 4.69) is 21.7 Å². The summed E-state index contributed by atoms with van der Waals surface area (Å²) in [5.74, 6) is 0.642. The largest absolute Gasteiger partial charge is 0.496 e. The van der Waals surface area contributed by atoms with Crippen LogP contribution in [0.4, 0.5) is 5.69 Å². The van der Waals surface area contributed by atoms with Crippen molar-refractivity contribution in [3.8, 4) is 11.5 Å². The van der Waals surface area contributed by atoms with E-state index in [4.69, 9.17) is 9.47 Å². The lowest BCUT2D eigenvalue weighted by Crippen LogP contribution is -2.27. The van der Waals surface area contributed by atoms with Gasteiger partial charge < -0.3 is 25.1 Å². The van der Waals surface area contributed by atoms with Crippen molar-refractivity contribution in [2.45, 2.75) is 6.42 Å². The number of anilines is 1. The number of hydrogen-bond acceptors (Lipinski definition) is 4. The Kier molecular flexibility index (Phi) is 5.74. The molecule has 3 aromatic carbocycles. The number of benzene rings is 3. The summed E-state index contributed by atoms with van der Waals surface area (Å²) in [4.78, 5) is 28.5. The molecule has 0 fully saturated rings. The highest BCUT2D eigenvalue weighted by Crippen LogP contribution is 2.33. The van der Waals surface area contributed by atoms with Gasteiger partial charge in [0.15, 0.2) is 11.5 Å². The van der Waals surface area contributed by atoms with Crippen molar-refractivity contribution >= 4 is 34.5 Å². The first-order valence-electron chi connectivity index (χ1n) is 10.9.